The van der Waals surface area contributed by atoms with Crippen molar-refractivity contribution in [2.45, 2.75) is 139 Å². The van der Waals surface area contributed by atoms with Crippen LogP contribution in [0.3, 0.4) is 0 Å². The molecule has 0 spiro atoms. The van der Waals surface area contributed by atoms with Crippen LogP contribution in [0.2, 0.25) is 0 Å². The second-order valence-corrected chi connectivity index (χ2v) is 18.5. The van der Waals surface area contributed by atoms with Crippen LogP contribution >= 0.6 is 0 Å². The molecule has 6 aromatic rings. The van der Waals surface area contributed by atoms with Crippen LogP contribution < -0.4 is 0 Å². The highest BCUT2D eigenvalue weighted by molar-refractivity contribution is 5.19. The molecule has 4 aliphatic heterocycles. The van der Waals surface area contributed by atoms with Crippen molar-refractivity contribution in [2.24, 2.45) is 0 Å². The van der Waals surface area contributed by atoms with Crippen LogP contribution in [0.15, 0.2) is 182 Å². The van der Waals surface area contributed by atoms with Crippen molar-refractivity contribution in [3.8, 4) is 0 Å². The van der Waals surface area contributed by atoms with E-state index in [2.05, 4.69) is 55.5 Å². The summed E-state index contributed by atoms with van der Waals surface area (Å²) in [5, 5.41) is 0. The van der Waals surface area contributed by atoms with E-state index in [9.17, 15) is 0 Å². The second kappa shape index (κ2) is 23.9. The van der Waals surface area contributed by atoms with Crippen LogP contribution in [0.5, 0.6) is 0 Å². The molecule has 0 radical (unpaired) electrons. The van der Waals surface area contributed by atoms with Crippen LogP contribution in [0.25, 0.3) is 0 Å². The van der Waals surface area contributed by atoms with Crippen LogP contribution in [0, 0.1) is 0 Å². The van der Waals surface area contributed by atoms with Crippen LogP contribution in [-0.2, 0) is 91.7 Å². The first-order valence-corrected chi connectivity index (χ1v) is 24.8. The Morgan fingerprint density at radius 1 is 0.386 bits per heavy atom. The minimum atomic E-state index is -1.29. The maximum absolute atomic E-state index is 7.47. The van der Waals surface area contributed by atoms with Gasteiger partial charge in [-0.3, -0.25) is 0 Å². The largest absolute Gasteiger partial charge is 0.374 e. The zero-order chi connectivity index (χ0) is 47.4. The number of unbranched alkanes of at least 4 members (excludes halogenated alkanes) is 1. The van der Waals surface area contributed by atoms with Gasteiger partial charge in [-0.05, 0) is 39.8 Å². The van der Waals surface area contributed by atoms with Crippen molar-refractivity contribution in [1.82, 2.24) is 0 Å². The fourth-order valence-corrected chi connectivity index (χ4v) is 9.88. The molecule has 4 saturated heterocycles. The Morgan fingerprint density at radius 2 is 0.729 bits per heavy atom. The van der Waals surface area contributed by atoms with Gasteiger partial charge in [0.1, 0.15) is 61.0 Å². The van der Waals surface area contributed by atoms with Gasteiger partial charge in [-0.15, -0.1) is 0 Å². The fraction of sp³-hybridized carbons (Fsp3) is 0.390. The van der Waals surface area contributed by atoms with E-state index < -0.39 is 73.3 Å². The molecular formula is C59H64O11. The summed E-state index contributed by atoms with van der Waals surface area (Å²) in [6.07, 6.45) is -5.28. The summed E-state index contributed by atoms with van der Waals surface area (Å²) in [7, 11) is 0. The highest BCUT2D eigenvalue weighted by atomic mass is 16.9. The molecular weight excluding hydrogens is 885 g/mol. The molecule has 70 heavy (non-hydrogen) atoms. The molecule has 5 aliphatic rings. The van der Waals surface area contributed by atoms with Gasteiger partial charge in [0.05, 0.1) is 46.2 Å². The standard InChI is InChI=1S/C59H64O11/c1-2-3-34-59-68-54-51(63-38-45-28-16-7-17-29-45)55(69-59)53(56(70-59)52(54)64-39-46-30-18-8-19-31-46)67-58-57(65-40-47-32-20-9-21-33-47)50(62-37-44-26-14-6-15-27-44)49(61-36-43-24-12-5-13-25-43)48(66-58)41-60-35-42-22-10-4-11-23-42/h4-33,48-58H,2-3,34-41H2,1H3/t48-,49-,50+,51+,52+,53?,54?,55+,56+,57+,58+,59?/m1/s1. The number of benzene rings is 6. The molecule has 366 valence electrons. The van der Waals surface area contributed by atoms with Gasteiger partial charge in [-0.1, -0.05) is 195 Å². The molecule has 0 N–H and O–H groups in total. The van der Waals surface area contributed by atoms with Crippen LogP contribution in [-0.4, -0.2) is 79.9 Å². The topological polar surface area (TPSA) is 102 Å². The predicted octanol–water partition coefficient (Wildman–Crippen LogP) is 10.3. The number of hydrogen-bond acceptors (Lipinski definition) is 11. The van der Waals surface area contributed by atoms with Gasteiger partial charge in [0, 0.05) is 6.42 Å². The summed E-state index contributed by atoms with van der Waals surface area (Å²) in [5.41, 5.74) is 6.09. The number of rotatable bonds is 24. The lowest BCUT2D eigenvalue weighted by molar-refractivity contribution is -0.549. The molecule has 11 rings (SSSR count). The average Bonchev–Trinajstić information content (AvgIpc) is 3.41. The molecule has 1 aliphatic carbocycles. The first-order valence-electron chi connectivity index (χ1n) is 24.8. The van der Waals surface area contributed by atoms with E-state index in [1.165, 1.54) is 0 Å². The van der Waals surface area contributed by atoms with E-state index in [0.717, 1.165) is 46.2 Å². The summed E-state index contributed by atoms with van der Waals surface area (Å²) in [6.45, 7) is 4.21. The van der Waals surface area contributed by atoms with Gasteiger partial charge in [-0.2, -0.15) is 0 Å². The highest BCUT2D eigenvalue weighted by Gasteiger charge is 2.69. The highest BCUT2D eigenvalue weighted by Crippen LogP contribution is 2.51. The lowest BCUT2D eigenvalue weighted by Crippen LogP contribution is -2.80. The van der Waals surface area contributed by atoms with Crippen molar-refractivity contribution in [1.29, 1.82) is 0 Å². The van der Waals surface area contributed by atoms with Crippen molar-refractivity contribution in [3.05, 3.63) is 215 Å². The van der Waals surface area contributed by atoms with Gasteiger partial charge in [0.2, 0.25) is 0 Å². The van der Waals surface area contributed by atoms with Gasteiger partial charge in [0.25, 0.3) is 5.97 Å². The molecule has 4 heterocycles. The van der Waals surface area contributed by atoms with Crippen LogP contribution in [0.4, 0.5) is 0 Å². The molecule has 4 bridgehead atoms. The van der Waals surface area contributed by atoms with Crippen molar-refractivity contribution < 1.29 is 52.1 Å². The Kier molecular flexibility index (Phi) is 16.5. The van der Waals surface area contributed by atoms with E-state index >= 15 is 0 Å². The van der Waals surface area contributed by atoms with Crippen LogP contribution in [0.1, 0.15) is 59.6 Å². The fourth-order valence-electron chi connectivity index (χ4n) is 9.88. The Balaban J connectivity index is 1.02. The Bertz CT molecular complexity index is 2370. The monoisotopic (exact) mass is 948 g/mol. The Labute approximate surface area is 411 Å². The van der Waals surface area contributed by atoms with Crippen molar-refractivity contribution >= 4 is 0 Å². The van der Waals surface area contributed by atoms with E-state index in [4.69, 9.17) is 52.1 Å². The quantitative estimate of drug-likeness (QED) is 0.0580. The molecule has 0 unspecified atom stereocenters. The lowest BCUT2D eigenvalue weighted by atomic mass is 9.80. The smallest absolute Gasteiger partial charge is 0.284 e. The molecule has 1 saturated carbocycles. The summed E-state index contributed by atoms with van der Waals surface area (Å²) in [6, 6.07) is 60.7. The zero-order valence-corrected chi connectivity index (χ0v) is 39.7. The SMILES string of the molecule is CCCCC12OC3[C@H](OCc4ccccc4)[C@H](O1)C(O[C@@H]1O[C@H](COCc4ccccc4)[C@@H](OCc4ccccc4)[C@H](OCc4ccccc4)[C@@H]1OCc1ccccc1)[C@@H](O2)[C@H]3OCc1ccccc1. The first kappa shape index (κ1) is 48.5. The minimum Gasteiger partial charge on any atom is -0.374 e. The average molecular weight is 949 g/mol. The van der Waals surface area contributed by atoms with E-state index in [1.54, 1.807) is 0 Å². The maximum Gasteiger partial charge on any atom is 0.284 e. The summed E-state index contributed by atoms with van der Waals surface area (Å²) >= 11 is 0. The molecule has 6 aromatic carbocycles. The molecule has 11 nitrogen and oxygen atoms in total. The minimum absolute atomic E-state index is 0.178. The van der Waals surface area contributed by atoms with Gasteiger partial charge in [0.15, 0.2) is 6.29 Å². The summed E-state index contributed by atoms with van der Waals surface area (Å²) < 4.78 is 77.0. The first-order chi connectivity index (χ1) is 34.6. The second-order valence-electron chi connectivity index (χ2n) is 18.5. The number of hydrogen-bond donors (Lipinski definition) is 0. The summed E-state index contributed by atoms with van der Waals surface area (Å²) in [4.78, 5) is 0. The van der Waals surface area contributed by atoms with Crippen molar-refractivity contribution in [2.75, 3.05) is 6.61 Å². The van der Waals surface area contributed by atoms with Gasteiger partial charge >= 0.3 is 0 Å². The maximum atomic E-state index is 7.47. The molecule has 11 heteroatoms. The molecule has 9 atom stereocenters. The Morgan fingerprint density at radius 3 is 1.13 bits per heavy atom. The normalized spacial score (nSPS) is 29.0. The molecule has 0 aromatic heterocycles. The molecule has 0 amide bonds. The van der Waals surface area contributed by atoms with E-state index in [-0.39, 0.29) is 19.8 Å². The zero-order valence-electron chi connectivity index (χ0n) is 39.7. The molecule has 5 fully saturated rings. The van der Waals surface area contributed by atoms with E-state index in [0.29, 0.717) is 32.8 Å². The third-order valence-corrected chi connectivity index (χ3v) is 13.4. The Hall–Kier alpha value is -5.12. The predicted molar refractivity (Wildman–Crippen MR) is 262 cm³/mol. The summed E-state index contributed by atoms with van der Waals surface area (Å²) in [5.74, 6) is -1.29. The van der Waals surface area contributed by atoms with Gasteiger partial charge in [-0.25, -0.2) is 0 Å². The number of ether oxygens (including phenoxy) is 11. The van der Waals surface area contributed by atoms with Crippen molar-refractivity contribution in [3.63, 3.8) is 0 Å². The third-order valence-electron chi connectivity index (χ3n) is 13.4. The third kappa shape index (κ3) is 12.0. The van der Waals surface area contributed by atoms with E-state index in [1.807, 2.05) is 133 Å². The van der Waals surface area contributed by atoms with Gasteiger partial charge < -0.3 is 52.1 Å². The lowest BCUT2D eigenvalue weighted by Gasteiger charge is -2.63.